The molecular weight excluding hydrogens is 438 g/mol. The molecule has 3 heterocycles. The number of pyridine rings is 1. The van der Waals surface area contributed by atoms with Crippen LogP contribution in [0.15, 0.2) is 62.9 Å². The zero-order chi connectivity index (χ0) is 20.5. The molecule has 8 nitrogen and oxygen atoms in total. The molecule has 29 heavy (non-hydrogen) atoms. The zero-order valence-electron chi connectivity index (χ0n) is 15.9. The van der Waals surface area contributed by atoms with Crippen molar-refractivity contribution < 1.29 is 4.74 Å². The maximum absolute atomic E-state index is 12.9. The SMILES string of the molecule is Cn1c(=O)c2c(nc(OCc3cccnc3)n2Cc2ccc(Br)cc2)n(C)c1=O. The number of imidazole rings is 1. The highest BCUT2D eigenvalue weighted by atomic mass is 79.9. The summed E-state index contributed by atoms with van der Waals surface area (Å²) in [6.07, 6.45) is 3.39. The number of ether oxygens (including phenoxy) is 1. The lowest BCUT2D eigenvalue weighted by Gasteiger charge is -2.10. The summed E-state index contributed by atoms with van der Waals surface area (Å²) in [5.41, 5.74) is 1.60. The highest BCUT2D eigenvalue weighted by molar-refractivity contribution is 9.10. The molecule has 4 aromatic rings. The van der Waals surface area contributed by atoms with Gasteiger partial charge >= 0.3 is 5.69 Å². The second-order valence-electron chi connectivity index (χ2n) is 6.63. The van der Waals surface area contributed by atoms with Gasteiger partial charge in [-0.1, -0.05) is 34.1 Å². The van der Waals surface area contributed by atoms with E-state index < -0.39 is 11.2 Å². The number of aryl methyl sites for hydroxylation is 1. The Labute approximate surface area is 174 Å². The summed E-state index contributed by atoms with van der Waals surface area (Å²) in [5.74, 6) is 0. The minimum atomic E-state index is -0.436. The smallest absolute Gasteiger partial charge is 0.332 e. The quantitative estimate of drug-likeness (QED) is 0.460. The summed E-state index contributed by atoms with van der Waals surface area (Å²) < 4.78 is 11.0. The van der Waals surface area contributed by atoms with Crippen molar-refractivity contribution in [3.63, 3.8) is 0 Å². The van der Waals surface area contributed by atoms with Crippen LogP contribution < -0.4 is 16.0 Å². The van der Waals surface area contributed by atoms with Gasteiger partial charge in [-0.25, -0.2) is 4.79 Å². The summed E-state index contributed by atoms with van der Waals surface area (Å²) in [6.45, 7) is 0.616. The normalized spacial score (nSPS) is 11.1. The van der Waals surface area contributed by atoms with Crippen molar-refractivity contribution in [2.24, 2.45) is 14.1 Å². The van der Waals surface area contributed by atoms with Crippen molar-refractivity contribution in [1.82, 2.24) is 23.7 Å². The van der Waals surface area contributed by atoms with Crippen LogP contribution in [0, 0.1) is 0 Å². The van der Waals surface area contributed by atoms with E-state index in [0.29, 0.717) is 12.1 Å². The van der Waals surface area contributed by atoms with Crippen LogP contribution >= 0.6 is 15.9 Å². The van der Waals surface area contributed by atoms with E-state index >= 15 is 0 Å². The number of hydrogen-bond donors (Lipinski definition) is 0. The largest absolute Gasteiger partial charge is 0.460 e. The molecule has 0 amide bonds. The molecule has 0 saturated carbocycles. The van der Waals surface area contributed by atoms with Crippen LogP contribution in [0.25, 0.3) is 11.2 Å². The molecule has 9 heteroatoms. The summed E-state index contributed by atoms with van der Waals surface area (Å²) in [5, 5.41) is 0. The minimum absolute atomic E-state index is 0.242. The van der Waals surface area contributed by atoms with Crippen molar-refractivity contribution in [2.75, 3.05) is 0 Å². The van der Waals surface area contributed by atoms with Crippen LogP contribution in [0.4, 0.5) is 0 Å². The predicted octanol–water partition coefficient (Wildman–Crippen LogP) is 2.22. The van der Waals surface area contributed by atoms with Gasteiger partial charge in [0.1, 0.15) is 6.61 Å². The van der Waals surface area contributed by atoms with Gasteiger partial charge in [-0.05, 0) is 23.8 Å². The van der Waals surface area contributed by atoms with E-state index in [1.54, 1.807) is 24.0 Å². The Bertz CT molecular complexity index is 1290. The molecule has 4 rings (SSSR count). The van der Waals surface area contributed by atoms with Gasteiger partial charge in [-0.2, -0.15) is 4.98 Å². The first-order valence-corrected chi connectivity index (χ1v) is 9.67. The summed E-state index contributed by atoms with van der Waals surface area (Å²) in [4.78, 5) is 33.7. The Morgan fingerprint density at radius 3 is 2.48 bits per heavy atom. The molecule has 148 valence electrons. The second kappa shape index (κ2) is 7.67. The molecule has 0 radical (unpaired) electrons. The maximum atomic E-state index is 12.9. The lowest BCUT2D eigenvalue weighted by Crippen LogP contribution is -2.37. The highest BCUT2D eigenvalue weighted by Crippen LogP contribution is 2.21. The topological polar surface area (TPSA) is 83.9 Å². The summed E-state index contributed by atoms with van der Waals surface area (Å²) in [6, 6.07) is 11.7. The molecule has 0 spiro atoms. The second-order valence-corrected chi connectivity index (χ2v) is 7.55. The Hall–Kier alpha value is -3.20. The first kappa shape index (κ1) is 19.1. The van der Waals surface area contributed by atoms with Crippen LogP contribution in [0.1, 0.15) is 11.1 Å². The van der Waals surface area contributed by atoms with E-state index in [1.165, 1.54) is 11.6 Å². The van der Waals surface area contributed by atoms with E-state index in [0.717, 1.165) is 20.2 Å². The fourth-order valence-electron chi connectivity index (χ4n) is 3.09. The molecule has 0 N–H and O–H groups in total. The Morgan fingerprint density at radius 1 is 1.03 bits per heavy atom. The number of fused-ring (bicyclic) bond motifs is 1. The first-order chi connectivity index (χ1) is 14.0. The van der Waals surface area contributed by atoms with Crippen molar-refractivity contribution in [2.45, 2.75) is 13.2 Å². The van der Waals surface area contributed by atoms with Crippen LogP contribution in [-0.4, -0.2) is 23.7 Å². The molecule has 0 unspecified atom stereocenters. The van der Waals surface area contributed by atoms with E-state index in [1.807, 2.05) is 36.4 Å². The lowest BCUT2D eigenvalue weighted by molar-refractivity contribution is 0.270. The number of halogens is 1. The van der Waals surface area contributed by atoms with Crippen LogP contribution in [-0.2, 0) is 27.2 Å². The van der Waals surface area contributed by atoms with Crippen molar-refractivity contribution >= 4 is 27.1 Å². The standard InChI is InChI=1S/C20H18BrN5O3/c1-24-17-16(18(27)25(2)20(24)28)26(11-13-5-7-15(21)8-6-13)19(23-17)29-12-14-4-3-9-22-10-14/h3-10H,11-12H2,1-2H3. The van der Waals surface area contributed by atoms with Gasteiger partial charge in [-0.15, -0.1) is 0 Å². The molecule has 3 aromatic heterocycles. The minimum Gasteiger partial charge on any atom is -0.460 e. The van der Waals surface area contributed by atoms with Gasteiger partial charge < -0.3 is 4.74 Å². The van der Waals surface area contributed by atoms with Crippen LogP contribution in [0.5, 0.6) is 6.01 Å². The van der Waals surface area contributed by atoms with Gasteiger partial charge in [0, 0.05) is 36.5 Å². The average molecular weight is 456 g/mol. The highest BCUT2D eigenvalue weighted by Gasteiger charge is 2.20. The molecule has 0 atom stereocenters. The molecule has 0 aliphatic heterocycles. The molecule has 0 saturated heterocycles. The van der Waals surface area contributed by atoms with E-state index in [9.17, 15) is 9.59 Å². The number of aromatic nitrogens is 5. The third kappa shape index (κ3) is 3.61. The van der Waals surface area contributed by atoms with Crippen molar-refractivity contribution in [3.8, 4) is 6.01 Å². The fourth-order valence-corrected chi connectivity index (χ4v) is 3.35. The van der Waals surface area contributed by atoms with Gasteiger partial charge in [-0.3, -0.25) is 23.5 Å². The molecule has 1 aromatic carbocycles. The van der Waals surface area contributed by atoms with Gasteiger partial charge in [0.2, 0.25) is 0 Å². The van der Waals surface area contributed by atoms with Crippen LogP contribution in [0.2, 0.25) is 0 Å². The Morgan fingerprint density at radius 2 is 1.79 bits per heavy atom. The fraction of sp³-hybridized carbons (Fsp3) is 0.200. The number of nitrogens with zero attached hydrogens (tertiary/aromatic N) is 5. The van der Waals surface area contributed by atoms with E-state index in [4.69, 9.17) is 4.74 Å². The molecule has 0 aliphatic rings. The summed E-state index contributed by atoms with van der Waals surface area (Å²) in [7, 11) is 3.04. The number of hydrogen-bond acceptors (Lipinski definition) is 5. The average Bonchev–Trinajstić information content (AvgIpc) is 3.10. The molecule has 0 aliphatic carbocycles. The third-order valence-corrected chi connectivity index (χ3v) is 5.19. The van der Waals surface area contributed by atoms with Gasteiger partial charge in [0.15, 0.2) is 11.2 Å². The number of rotatable bonds is 5. The summed E-state index contributed by atoms with van der Waals surface area (Å²) >= 11 is 3.43. The Kier molecular flexibility index (Phi) is 5.06. The van der Waals surface area contributed by atoms with E-state index in [2.05, 4.69) is 25.9 Å². The monoisotopic (exact) mass is 455 g/mol. The molecule has 0 bridgehead atoms. The molecule has 0 fully saturated rings. The van der Waals surface area contributed by atoms with E-state index in [-0.39, 0.29) is 18.3 Å². The van der Waals surface area contributed by atoms with Gasteiger partial charge in [0.05, 0.1) is 6.54 Å². The number of benzene rings is 1. The van der Waals surface area contributed by atoms with Crippen molar-refractivity contribution in [3.05, 3.63) is 85.2 Å². The lowest BCUT2D eigenvalue weighted by atomic mass is 10.2. The zero-order valence-corrected chi connectivity index (χ0v) is 17.5. The van der Waals surface area contributed by atoms with Crippen LogP contribution in [0.3, 0.4) is 0 Å². The predicted molar refractivity (Wildman–Crippen MR) is 112 cm³/mol. The maximum Gasteiger partial charge on any atom is 0.332 e. The first-order valence-electron chi connectivity index (χ1n) is 8.88. The molecular formula is C20H18BrN5O3. The van der Waals surface area contributed by atoms with Gasteiger partial charge in [0.25, 0.3) is 11.6 Å². The van der Waals surface area contributed by atoms with Crippen molar-refractivity contribution in [1.29, 1.82) is 0 Å². The third-order valence-electron chi connectivity index (χ3n) is 4.66. The Balaban J connectivity index is 1.85.